The van der Waals surface area contributed by atoms with Crippen molar-refractivity contribution in [3.05, 3.63) is 34.9 Å². The fourth-order valence-corrected chi connectivity index (χ4v) is 1.98. The van der Waals surface area contributed by atoms with Crippen LogP contribution in [0.2, 0.25) is 0 Å². The summed E-state index contributed by atoms with van der Waals surface area (Å²) in [5.41, 5.74) is 6.11. The number of halogens is 3. The molecule has 98 valence electrons. The number of carbonyl (C=O) groups is 1. The molecule has 3 N–H and O–H groups in total. The second kappa shape index (κ2) is 4.61. The molecule has 6 heteroatoms. The van der Waals surface area contributed by atoms with E-state index in [9.17, 15) is 18.0 Å². The van der Waals surface area contributed by atoms with E-state index in [0.717, 1.165) is 12.0 Å². The van der Waals surface area contributed by atoms with E-state index >= 15 is 0 Å². The minimum Gasteiger partial charge on any atom is -0.352 e. The number of hydrogen-bond donors (Lipinski definition) is 2. The van der Waals surface area contributed by atoms with E-state index in [2.05, 4.69) is 5.32 Å². The largest absolute Gasteiger partial charge is 0.407 e. The number of benzene rings is 1. The van der Waals surface area contributed by atoms with Crippen molar-refractivity contribution in [2.75, 3.05) is 6.54 Å². The fourth-order valence-electron chi connectivity index (χ4n) is 1.98. The highest BCUT2D eigenvalue weighted by Crippen LogP contribution is 2.31. The number of nitrogens with two attached hydrogens (primary N) is 1. The molecule has 18 heavy (non-hydrogen) atoms. The van der Waals surface area contributed by atoms with Crippen molar-refractivity contribution < 1.29 is 18.0 Å². The zero-order valence-electron chi connectivity index (χ0n) is 9.55. The molecule has 0 fully saturated rings. The van der Waals surface area contributed by atoms with E-state index in [0.29, 0.717) is 18.5 Å². The molecule has 3 nitrogen and oxygen atoms in total. The van der Waals surface area contributed by atoms with Gasteiger partial charge < -0.3 is 11.1 Å². The predicted octanol–water partition coefficient (Wildman–Crippen LogP) is 1.92. The first-order chi connectivity index (χ1) is 8.39. The molecule has 1 amide bonds. The molecular weight excluding hydrogens is 245 g/mol. The number of rotatable bonds is 1. The van der Waals surface area contributed by atoms with Gasteiger partial charge >= 0.3 is 6.18 Å². The van der Waals surface area contributed by atoms with Gasteiger partial charge in [0, 0.05) is 12.1 Å². The number of nitrogens with one attached hydrogen (secondary N) is 1. The number of fused-ring (bicyclic) bond motifs is 1. The number of amides is 1. The second-order valence-electron chi connectivity index (χ2n) is 4.30. The maximum atomic E-state index is 12.5. The van der Waals surface area contributed by atoms with Crippen LogP contribution < -0.4 is 11.1 Å². The van der Waals surface area contributed by atoms with Gasteiger partial charge in [0.1, 0.15) is 6.04 Å². The zero-order valence-corrected chi connectivity index (χ0v) is 9.55. The topological polar surface area (TPSA) is 55.1 Å². The van der Waals surface area contributed by atoms with Gasteiger partial charge in [-0.15, -0.1) is 0 Å². The van der Waals surface area contributed by atoms with Gasteiger partial charge in [0.2, 0.25) is 0 Å². The smallest absolute Gasteiger partial charge is 0.352 e. The Hall–Kier alpha value is -1.56. The molecule has 0 saturated heterocycles. The summed E-state index contributed by atoms with van der Waals surface area (Å²) in [6.45, 7) is 0.536. The summed E-state index contributed by atoms with van der Waals surface area (Å²) in [7, 11) is 0. The van der Waals surface area contributed by atoms with Crippen molar-refractivity contribution in [1.82, 2.24) is 5.32 Å². The summed E-state index contributed by atoms with van der Waals surface area (Å²) in [4.78, 5) is 11.7. The highest BCUT2D eigenvalue weighted by Gasteiger charge is 2.38. The lowest BCUT2D eigenvalue weighted by atomic mass is 9.97. The van der Waals surface area contributed by atoms with Crippen molar-refractivity contribution in [2.45, 2.75) is 25.1 Å². The molecule has 0 bridgehead atoms. The minimum atomic E-state index is -4.50. The van der Waals surface area contributed by atoms with Gasteiger partial charge in [-0.05, 0) is 30.0 Å². The molecule has 1 atom stereocenters. The minimum absolute atomic E-state index is 0.0849. The van der Waals surface area contributed by atoms with Gasteiger partial charge in [-0.25, -0.2) is 0 Å². The van der Waals surface area contributed by atoms with Crippen LogP contribution in [-0.2, 0) is 6.42 Å². The van der Waals surface area contributed by atoms with Crippen molar-refractivity contribution in [2.24, 2.45) is 5.73 Å². The van der Waals surface area contributed by atoms with Crippen molar-refractivity contribution in [3.63, 3.8) is 0 Å². The number of carbonyl (C=O) groups excluding carboxylic acids is 1. The maximum Gasteiger partial charge on any atom is 0.407 e. The van der Waals surface area contributed by atoms with E-state index in [1.165, 1.54) is 12.1 Å². The summed E-state index contributed by atoms with van der Waals surface area (Å²) >= 11 is 0. The van der Waals surface area contributed by atoms with Crippen molar-refractivity contribution in [3.8, 4) is 0 Å². The average Bonchev–Trinajstić information content (AvgIpc) is 2.49. The summed E-state index contributed by atoms with van der Waals surface area (Å²) in [5, 5.41) is 2.64. The van der Waals surface area contributed by atoms with Crippen LogP contribution >= 0.6 is 0 Å². The van der Waals surface area contributed by atoms with Crippen LogP contribution in [0.25, 0.3) is 0 Å². The Morgan fingerprint density at radius 2 is 2.06 bits per heavy atom. The first kappa shape index (κ1) is 12.9. The molecule has 1 aliphatic rings. The molecule has 1 aromatic rings. The highest BCUT2D eigenvalue weighted by molar-refractivity contribution is 5.96. The third-order valence-corrected chi connectivity index (χ3v) is 3.00. The monoisotopic (exact) mass is 258 g/mol. The Bertz CT molecular complexity index is 471. The van der Waals surface area contributed by atoms with E-state index in [4.69, 9.17) is 5.73 Å². The average molecular weight is 258 g/mol. The summed E-state index contributed by atoms with van der Waals surface area (Å²) < 4.78 is 37.6. The van der Waals surface area contributed by atoms with Gasteiger partial charge in [-0.1, -0.05) is 12.1 Å². The molecule has 1 unspecified atom stereocenters. The summed E-state index contributed by atoms with van der Waals surface area (Å²) in [6.07, 6.45) is -3.05. The quantitative estimate of drug-likeness (QED) is 0.808. The predicted molar refractivity (Wildman–Crippen MR) is 60.1 cm³/mol. The van der Waals surface area contributed by atoms with Gasteiger partial charge in [0.05, 0.1) is 0 Å². The Morgan fingerprint density at radius 1 is 1.33 bits per heavy atom. The molecule has 0 aliphatic carbocycles. The number of alkyl halides is 3. The van der Waals surface area contributed by atoms with E-state index in [1.54, 1.807) is 6.07 Å². The molecule has 0 aromatic heterocycles. The van der Waals surface area contributed by atoms with Gasteiger partial charge in [0.15, 0.2) is 0 Å². The molecule has 0 saturated carbocycles. The lowest BCUT2D eigenvalue weighted by Gasteiger charge is -2.17. The van der Waals surface area contributed by atoms with Crippen molar-refractivity contribution >= 4 is 5.91 Å². The van der Waals surface area contributed by atoms with Gasteiger partial charge in [-0.3, -0.25) is 4.79 Å². The second-order valence-corrected chi connectivity index (χ2v) is 4.30. The Labute approximate surface area is 102 Å². The normalized spacial score (nSPS) is 17.7. The third-order valence-electron chi connectivity index (χ3n) is 3.00. The molecule has 1 aromatic carbocycles. The van der Waals surface area contributed by atoms with Crippen LogP contribution in [0.4, 0.5) is 13.2 Å². The fraction of sp³-hybridized carbons (Fsp3) is 0.417. The highest BCUT2D eigenvalue weighted by atomic mass is 19.4. The van der Waals surface area contributed by atoms with Crippen LogP contribution in [0.3, 0.4) is 0 Å². The SMILES string of the molecule is NC(c1ccc2c(c1)C(=O)NCCC2)C(F)(F)F. The van der Waals surface area contributed by atoms with E-state index in [1.807, 2.05) is 0 Å². The Balaban J connectivity index is 2.40. The molecule has 1 heterocycles. The van der Waals surface area contributed by atoms with Crippen LogP contribution in [0.15, 0.2) is 18.2 Å². The Morgan fingerprint density at radius 3 is 2.72 bits per heavy atom. The maximum absolute atomic E-state index is 12.5. The summed E-state index contributed by atoms with van der Waals surface area (Å²) in [6, 6.07) is 2.09. The Kier molecular flexibility index (Phi) is 3.30. The lowest BCUT2D eigenvalue weighted by Crippen LogP contribution is -2.29. The lowest BCUT2D eigenvalue weighted by molar-refractivity contribution is -0.149. The molecule has 0 spiro atoms. The van der Waals surface area contributed by atoms with Crippen molar-refractivity contribution in [1.29, 1.82) is 0 Å². The standard InChI is InChI=1S/C12H13F3N2O/c13-12(14,15)10(16)8-4-3-7-2-1-5-17-11(18)9(7)6-8/h3-4,6,10H,1-2,5,16H2,(H,17,18). The first-order valence-electron chi connectivity index (χ1n) is 5.63. The van der Waals surface area contributed by atoms with Crippen LogP contribution in [-0.4, -0.2) is 18.6 Å². The molecule has 2 rings (SSSR count). The van der Waals surface area contributed by atoms with Gasteiger partial charge in [0.25, 0.3) is 5.91 Å². The summed E-state index contributed by atoms with van der Waals surface area (Å²) in [5.74, 6) is -0.335. The van der Waals surface area contributed by atoms with Crippen LogP contribution in [0.1, 0.15) is 33.9 Å². The molecule has 0 radical (unpaired) electrons. The van der Waals surface area contributed by atoms with Crippen LogP contribution in [0, 0.1) is 0 Å². The number of hydrogen-bond acceptors (Lipinski definition) is 2. The molecule has 1 aliphatic heterocycles. The molecular formula is C12H13F3N2O. The van der Waals surface area contributed by atoms with E-state index < -0.39 is 12.2 Å². The zero-order chi connectivity index (χ0) is 13.3. The third kappa shape index (κ3) is 2.48. The number of aryl methyl sites for hydroxylation is 1. The van der Waals surface area contributed by atoms with Crippen LogP contribution in [0.5, 0.6) is 0 Å². The van der Waals surface area contributed by atoms with Gasteiger partial charge in [-0.2, -0.15) is 13.2 Å². The first-order valence-corrected chi connectivity index (χ1v) is 5.63. The van der Waals surface area contributed by atoms with E-state index in [-0.39, 0.29) is 11.5 Å².